The van der Waals surface area contributed by atoms with E-state index in [0.29, 0.717) is 17.3 Å². The van der Waals surface area contributed by atoms with Crippen molar-refractivity contribution >= 4 is 11.6 Å². The number of carbonyl (C=O) groups excluding carboxylic acids is 1. The summed E-state index contributed by atoms with van der Waals surface area (Å²) in [4.78, 5) is 14.8. The average molecular weight is 309 g/mol. The highest BCUT2D eigenvalue weighted by molar-refractivity contribution is 5.95. The van der Waals surface area contributed by atoms with Crippen molar-refractivity contribution in [3.8, 4) is 0 Å². The summed E-state index contributed by atoms with van der Waals surface area (Å²) in [6.45, 7) is 4.02. The molecule has 4 nitrogen and oxygen atoms in total. The first-order valence-electron chi connectivity index (χ1n) is 8.06. The Balaban J connectivity index is 1.59. The van der Waals surface area contributed by atoms with Gasteiger partial charge in [-0.25, -0.2) is 0 Å². The van der Waals surface area contributed by atoms with E-state index in [1.54, 1.807) is 18.2 Å². The predicted molar refractivity (Wildman–Crippen MR) is 93.0 cm³/mol. The van der Waals surface area contributed by atoms with Crippen LogP contribution in [0.2, 0.25) is 0 Å². The van der Waals surface area contributed by atoms with Gasteiger partial charge in [-0.05, 0) is 37.1 Å². The Labute approximate surface area is 137 Å². The van der Waals surface area contributed by atoms with E-state index in [4.69, 9.17) is 5.73 Å². The molecule has 2 unspecified atom stereocenters. The zero-order valence-electron chi connectivity index (χ0n) is 13.4. The van der Waals surface area contributed by atoms with Gasteiger partial charge in [0.15, 0.2) is 0 Å². The molecule has 1 aliphatic rings. The molecule has 0 spiro atoms. The fourth-order valence-corrected chi connectivity index (χ4v) is 3.19. The van der Waals surface area contributed by atoms with E-state index in [-0.39, 0.29) is 11.9 Å². The maximum absolute atomic E-state index is 12.3. The van der Waals surface area contributed by atoms with Crippen molar-refractivity contribution in [1.29, 1.82) is 0 Å². The molecule has 0 saturated carbocycles. The van der Waals surface area contributed by atoms with Gasteiger partial charge in [0.25, 0.3) is 5.91 Å². The first kappa shape index (κ1) is 15.6. The normalized spacial score (nSPS) is 21.3. The molecule has 0 aliphatic carbocycles. The Morgan fingerprint density at radius 1 is 1.22 bits per heavy atom. The molecule has 0 radical (unpaired) electrons. The van der Waals surface area contributed by atoms with Crippen molar-refractivity contribution < 1.29 is 4.79 Å². The van der Waals surface area contributed by atoms with Crippen LogP contribution in [0, 0.1) is 0 Å². The summed E-state index contributed by atoms with van der Waals surface area (Å²) in [5.41, 5.74) is 8.29. The molecule has 4 heteroatoms. The molecule has 2 aromatic rings. The molecule has 2 atom stereocenters. The Kier molecular flexibility index (Phi) is 4.63. The van der Waals surface area contributed by atoms with Crippen molar-refractivity contribution in [3.05, 3.63) is 65.7 Å². The van der Waals surface area contributed by atoms with E-state index in [9.17, 15) is 4.79 Å². The quantitative estimate of drug-likeness (QED) is 0.854. The van der Waals surface area contributed by atoms with Crippen molar-refractivity contribution in [2.75, 3.05) is 12.3 Å². The number of nitrogens with zero attached hydrogens (tertiary/aromatic N) is 1. The minimum atomic E-state index is -0.0453. The van der Waals surface area contributed by atoms with Crippen molar-refractivity contribution in [1.82, 2.24) is 10.2 Å². The third-order valence-corrected chi connectivity index (χ3v) is 4.42. The lowest BCUT2D eigenvalue weighted by Gasteiger charge is -2.20. The van der Waals surface area contributed by atoms with Gasteiger partial charge in [-0.2, -0.15) is 0 Å². The Morgan fingerprint density at radius 2 is 2.00 bits per heavy atom. The summed E-state index contributed by atoms with van der Waals surface area (Å²) >= 11 is 0. The molecule has 1 fully saturated rings. The molecule has 120 valence electrons. The summed E-state index contributed by atoms with van der Waals surface area (Å²) in [5.74, 6) is -0.0453. The molecule has 1 amide bonds. The number of hydrogen-bond acceptors (Lipinski definition) is 3. The lowest BCUT2D eigenvalue weighted by atomic mass is 10.1. The summed E-state index contributed by atoms with van der Waals surface area (Å²) in [7, 11) is 0. The highest BCUT2D eigenvalue weighted by Gasteiger charge is 2.30. The maximum atomic E-state index is 12.3. The fourth-order valence-electron chi connectivity index (χ4n) is 3.19. The van der Waals surface area contributed by atoms with Gasteiger partial charge in [-0.3, -0.25) is 9.69 Å². The molecule has 3 N–H and O–H groups in total. The van der Waals surface area contributed by atoms with Crippen LogP contribution in [-0.2, 0) is 6.54 Å². The maximum Gasteiger partial charge on any atom is 0.251 e. The zero-order valence-corrected chi connectivity index (χ0v) is 13.4. The van der Waals surface area contributed by atoms with Crippen LogP contribution in [0.1, 0.15) is 29.3 Å². The number of nitrogens with one attached hydrogen (secondary N) is 1. The van der Waals surface area contributed by atoms with Crippen molar-refractivity contribution in [3.63, 3.8) is 0 Å². The van der Waals surface area contributed by atoms with Gasteiger partial charge < -0.3 is 11.1 Å². The van der Waals surface area contributed by atoms with Crippen LogP contribution in [-0.4, -0.2) is 29.4 Å². The molecule has 0 bridgehead atoms. The molecule has 1 saturated heterocycles. The van der Waals surface area contributed by atoms with E-state index in [1.807, 2.05) is 12.1 Å². The Bertz CT molecular complexity index is 671. The summed E-state index contributed by atoms with van der Waals surface area (Å²) in [6.07, 6.45) is 0.973. The first-order chi connectivity index (χ1) is 11.1. The van der Waals surface area contributed by atoms with Crippen LogP contribution in [0.15, 0.2) is 54.6 Å². The van der Waals surface area contributed by atoms with E-state index in [0.717, 1.165) is 19.5 Å². The van der Waals surface area contributed by atoms with Gasteiger partial charge in [-0.15, -0.1) is 0 Å². The summed E-state index contributed by atoms with van der Waals surface area (Å²) in [6, 6.07) is 18.2. The van der Waals surface area contributed by atoms with Crippen molar-refractivity contribution in [2.45, 2.75) is 32.0 Å². The standard InChI is InChI=1S/C19H23N3O/c1-14-10-18(13-22(14)12-15-6-3-2-4-7-15)21-19(23)16-8-5-9-17(20)11-16/h2-9,11,14,18H,10,12-13,20H2,1H3,(H,21,23). The minimum absolute atomic E-state index is 0.0453. The molecular formula is C19H23N3O. The minimum Gasteiger partial charge on any atom is -0.399 e. The molecule has 23 heavy (non-hydrogen) atoms. The van der Waals surface area contributed by atoms with Crippen LogP contribution < -0.4 is 11.1 Å². The van der Waals surface area contributed by atoms with Gasteiger partial charge >= 0.3 is 0 Å². The first-order valence-corrected chi connectivity index (χ1v) is 8.06. The molecular weight excluding hydrogens is 286 g/mol. The molecule has 1 heterocycles. The third kappa shape index (κ3) is 3.90. The number of benzene rings is 2. The van der Waals surface area contributed by atoms with Gasteiger partial charge in [0, 0.05) is 36.4 Å². The van der Waals surface area contributed by atoms with Crippen LogP contribution in [0.3, 0.4) is 0 Å². The van der Waals surface area contributed by atoms with E-state index in [2.05, 4.69) is 41.4 Å². The molecule has 0 aromatic heterocycles. The van der Waals surface area contributed by atoms with Gasteiger partial charge in [0.05, 0.1) is 0 Å². The summed E-state index contributed by atoms with van der Waals surface area (Å²) < 4.78 is 0. The van der Waals surface area contributed by atoms with Crippen LogP contribution >= 0.6 is 0 Å². The highest BCUT2D eigenvalue weighted by Crippen LogP contribution is 2.20. The second-order valence-electron chi connectivity index (χ2n) is 6.30. The number of rotatable bonds is 4. The molecule has 3 rings (SSSR count). The lowest BCUT2D eigenvalue weighted by Crippen LogP contribution is -2.37. The van der Waals surface area contributed by atoms with Gasteiger partial charge in [-0.1, -0.05) is 36.4 Å². The lowest BCUT2D eigenvalue weighted by molar-refractivity contribution is 0.0937. The predicted octanol–water partition coefficient (Wildman–Crippen LogP) is 2.66. The van der Waals surface area contributed by atoms with Crippen LogP contribution in [0.4, 0.5) is 5.69 Å². The third-order valence-electron chi connectivity index (χ3n) is 4.42. The van der Waals surface area contributed by atoms with Gasteiger partial charge in [0.1, 0.15) is 0 Å². The zero-order chi connectivity index (χ0) is 16.2. The summed E-state index contributed by atoms with van der Waals surface area (Å²) in [5, 5.41) is 3.13. The van der Waals surface area contributed by atoms with Crippen molar-refractivity contribution in [2.24, 2.45) is 0 Å². The van der Waals surface area contributed by atoms with E-state index >= 15 is 0 Å². The smallest absolute Gasteiger partial charge is 0.251 e. The largest absolute Gasteiger partial charge is 0.399 e. The monoisotopic (exact) mass is 309 g/mol. The fraction of sp³-hybridized carbons (Fsp3) is 0.316. The number of carbonyl (C=O) groups is 1. The Hall–Kier alpha value is -2.33. The second kappa shape index (κ2) is 6.84. The Morgan fingerprint density at radius 3 is 2.74 bits per heavy atom. The number of hydrogen-bond donors (Lipinski definition) is 2. The van der Waals surface area contributed by atoms with Gasteiger partial charge in [0.2, 0.25) is 0 Å². The topological polar surface area (TPSA) is 58.4 Å². The average Bonchev–Trinajstić information content (AvgIpc) is 2.88. The molecule has 2 aromatic carbocycles. The second-order valence-corrected chi connectivity index (χ2v) is 6.30. The van der Waals surface area contributed by atoms with E-state index < -0.39 is 0 Å². The highest BCUT2D eigenvalue weighted by atomic mass is 16.1. The molecule has 1 aliphatic heterocycles. The number of anilines is 1. The SMILES string of the molecule is CC1CC(NC(=O)c2cccc(N)c2)CN1Cc1ccccc1. The number of nitrogens with two attached hydrogens (primary N) is 1. The van der Waals surface area contributed by atoms with Crippen LogP contribution in [0.25, 0.3) is 0 Å². The number of amides is 1. The number of likely N-dealkylation sites (tertiary alicyclic amines) is 1. The van der Waals surface area contributed by atoms with Crippen LogP contribution in [0.5, 0.6) is 0 Å². The van der Waals surface area contributed by atoms with E-state index in [1.165, 1.54) is 5.56 Å². The number of nitrogen functional groups attached to an aromatic ring is 1.